The number of rotatable bonds is 6. The summed E-state index contributed by atoms with van der Waals surface area (Å²) in [7, 11) is 0. The van der Waals surface area contributed by atoms with Crippen LogP contribution in [0.1, 0.15) is 30.9 Å². The second-order valence-corrected chi connectivity index (χ2v) is 8.88. The van der Waals surface area contributed by atoms with Crippen molar-refractivity contribution in [1.29, 1.82) is 0 Å². The van der Waals surface area contributed by atoms with Gasteiger partial charge in [0.1, 0.15) is 11.8 Å². The molecule has 2 aliphatic rings. The van der Waals surface area contributed by atoms with Crippen LogP contribution >= 0.6 is 0 Å². The number of benzene rings is 1. The number of fused-ring (bicyclic) bond motifs is 4. The van der Waals surface area contributed by atoms with Crippen LogP contribution in [-0.2, 0) is 4.79 Å². The van der Waals surface area contributed by atoms with Crippen molar-refractivity contribution in [1.82, 2.24) is 34.4 Å². The SMILES string of the molecule is O=C(COc1ncnc2nc[nH]c12)N1CCC(C(O)CC2c3ccccc3-c3cncn32)CC1. The summed E-state index contributed by atoms with van der Waals surface area (Å²) in [6.45, 7) is 1.11. The molecule has 2 N–H and O–H groups in total. The molecule has 0 spiro atoms. The van der Waals surface area contributed by atoms with Gasteiger partial charge in [0.05, 0.1) is 36.7 Å². The number of aromatic nitrogens is 6. The summed E-state index contributed by atoms with van der Waals surface area (Å²) in [5, 5.41) is 11.1. The van der Waals surface area contributed by atoms with Gasteiger partial charge in [0.2, 0.25) is 5.88 Å². The number of nitrogens with one attached hydrogen (secondary N) is 1. The van der Waals surface area contributed by atoms with Gasteiger partial charge in [-0.1, -0.05) is 24.3 Å². The van der Waals surface area contributed by atoms with Crippen LogP contribution in [0.3, 0.4) is 0 Å². The van der Waals surface area contributed by atoms with Crippen LogP contribution in [0, 0.1) is 5.92 Å². The Morgan fingerprint density at radius 2 is 2.06 bits per heavy atom. The minimum atomic E-state index is -0.449. The Morgan fingerprint density at radius 3 is 2.94 bits per heavy atom. The van der Waals surface area contributed by atoms with Crippen molar-refractivity contribution in [2.75, 3.05) is 19.7 Å². The number of carbonyl (C=O) groups is 1. The number of nitrogens with zero attached hydrogens (tertiary/aromatic N) is 6. The Bertz CT molecular complexity index is 1320. The summed E-state index contributed by atoms with van der Waals surface area (Å²) in [6.07, 6.45) is 8.32. The molecular weight excluding hydrogens is 434 g/mol. The molecule has 2 aliphatic heterocycles. The molecule has 6 rings (SSSR count). The predicted molar refractivity (Wildman–Crippen MR) is 123 cm³/mol. The van der Waals surface area contributed by atoms with Crippen LogP contribution < -0.4 is 4.74 Å². The zero-order valence-electron chi connectivity index (χ0n) is 18.5. The number of aliphatic hydroxyl groups excluding tert-OH is 1. The highest BCUT2D eigenvalue weighted by Gasteiger charge is 2.34. The smallest absolute Gasteiger partial charge is 0.260 e. The molecule has 10 heteroatoms. The van der Waals surface area contributed by atoms with Crippen LogP contribution in [0.5, 0.6) is 5.88 Å². The lowest BCUT2D eigenvalue weighted by atomic mass is 9.86. The molecule has 174 valence electrons. The quantitative estimate of drug-likeness (QED) is 0.453. The summed E-state index contributed by atoms with van der Waals surface area (Å²) >= 11 is 0. The van der Waals surface area contributed by atoms with Crippen molar-refractivity contribution in [3.05, 3.63) is 55.0 Å². The molecule has 0 radical (unpaired) electrons. The topological polar surface area (TPSA) is 122 Å². The van der Waals surface area contributed by atoms with Crippen LogP contribution in [0.4, 0.5) is 0 Å². The molecule has 2 atom stereocenters. The Labute approximate surface area is 195 Å². The zero-order valence-corrected chi connectivity index (χ0v) is 18.5. The van der Waals surface area contributed by atoms with E-state index in [4.69, 9.17) is 4.74 Å². The second kappa shape index (κ2) is 8.53. The van der Waals surface area contributed by atoms with Gasteiger partial charge in [0.25, 0.3) is 5.91 Å². The van der Waals surface area contributed by atoms with Crippen molar-refractivity contribution in [2.24, 2.45) is 5.92 Å². The van der Waals surface area contributed by atoms with E-state index < -0.39 is 6.10 Å². The third-order valence-corrected chi connectivity index (χ3v) is 7.02. The van der Waals surface area contributed by atoms with E-state index in [1.165, 1.54) is 23.8 Å². The number of aromatic amines is 1. The molecule has 0 aliphatic carbocycles. The highest BCUT2D eigenvalue weighted by atomic mass is 16.5. The Kier molecular flexibility index (Phi) is 5.21. The zero-order chi connectivity index (χ0) is 23.1. The first-order valence-corrected chi connectivity index (χ1v) is 11.5. The lowest BCUT2D eigenvalue weighted by Crippen LogP contribution is -2.43. The van der Waals surface area contributed by atoms with E-state index in [-0.39, 0.29) is 24.5 Å². The standard InChI is InChI=1S/C24H25N7O3/c32-20(9-18-16-3-1-2-4-17(16)19-10-25-14-31(18)19)15-5-7-30(8-6-15)21(33)11-34-24-22-23(27-12-26-22)28-13-29-24/h1-4,10,12-15,18,20,32H,5-9,11H2,(H,26,27,28,29). The van der Waals surface area contributed by atoms with E-state index >= 15 is 0 Å². The van der Waals surface area contributed by atoms with Crippen LogP contribution in [-0.4, -0.2) is 71.2 Å². The number of imidazole rings is 2. The van der Waals surface area contributed by atoms with Crippen molar-refractivity contribution in [2.45, 2.75) is 31.4 Å². The normalized spacial score (nSPS) is 18.6. The number of H-pyrrole nitrogens is 1. The number of aliphatic hydroxyl groups is 1. The van der Waals surface area contributed by atoms with E-state index in [0.29, 0.717) is 36.6 Å². The van der Waals surface area contributed by atoms with Crippen molar-refractivity contribution in [3.8, 4) is 17.1 Å². The maximum atomic E-state index is 12.7. The third-order valence-electron chi connectivity index (χ3n) is 7.02. The van der Waals surface area contributed by atoms with Gasteiger partial charge >= 0.3 is 0 Å². The summed E-state index contributed by atoms with van der Waals surface area (Å²) in [6, 6.07) is 8.41. The summed E-state index contributed by atoms with van der Waals surface area (Å²) < 4.78 is 7.80. The second-order valence-electron chi connectivity index (χ2n) is 8.88. The first kappa shape index (κ1) is 20.8. The molecule has 1 aromatic carbocycles. The molecule has 5 heterocycles. The van der Waals surface area contributed by atoms with Gasteiger partial charge < -0.3 is 24.3 Å². The van der Waals surface area contributed by atoms with E-state index in [0.717, 1.165) is 18.5 Å². The number of piperidine rings is 1. The van der Waals surface area contributed by atoms with Crippen molar-refractivity contribution in [3.63, 3.8) is 0 Å². The molecule has 3 aromatic heterocycles. The molecule has 2 unspecified atom stereocenters. The van der Waals surface area contributed by atoms with E-state index in [9.17, 15) is 9.90 Å². The molecule has 4 aromatic rings. The Balaban J connectivity index is 1.04. The molecule has 1 amide bonds. The predicted octanol–water partition coefficient (Wildman–Crippen LogP) is 2.19. The number of ether oxygens (including phenoxy) is 1. The van der Waals surface area contributed by atoms with Crippen molar-refractivity contribution >= 4 is 17.1 Å². The van der Waals surface area contributed by atoms with Crippen LogP contribution in [0.15, 0.2) is 49.4 Å². The van der Waals surface area contributed by atoms with Crippen LogP contribution in [0.2, 0.25) is 0 Å². The monoisotopic (exact) mass is 459 g/mol. The summed E-state index contributed by atoms with van der Waals surface area (Å²) in [5.74, 6) is 0.375. The number of hydrogen-bond donors (Lipinski definition) is 2. The Morgan fingerprint density at radius 1 is 1.21 bits per heavy atom. The maximum absolute atomic E-state index is 12.7. The van der Waals surface area contributed by atoms with E-state index in [1.54, 1.807) is 4.90 Å². The van der Waals surface area contributed by atoms with Gasteiger partial charge in [-0.2, -0.15) is 4.98 Å². The van der Waals surface area contributed by atoms with Crippen molar-refractivity contribution < 1.29 is 14.6 Å². The van der Waals surface area contributed by atoms with Gasteiger partial charge in [0.15, 0.2) is 12.3 Å². The van der Waals surface area contributed by atoms with E-state index in [2.05, 4.69) is 41.6 Å². The summed E-state index contributed by atoms with van der Waals surface area (Å²) in [5.41, 5.74) is 4.60. The molecule has 0 bridgehead atoms. The minimum absolute atomic E-state index is 0.0870. The van der Waals surface area contributed by atoms with Gasteiger partial charge in [0, 0.05) is 18.7 Å². The minimum Gasteiger partial charge on any atom is -0.466 e. The molecule has 10 nitrogen and oxygen atoms in total. The fraction of sp³-hybridized carbons (Fsp3) is 0.375. The van der Waals surface area contributed by atoms with Gasteiger partial charge in [-0.15, -0.1) is 0 Å². The van der Waals surface area contributed by atoms with Gasteiger partial charge in [-0.05, 0) is 30.7 Å². The Hall–Kier alpha value is -3.79. The molecule has 1 saturated heterocycles. The number of likely N-dealkylation sites (tertiary alicyclic amines) is 1. The molecule has 0 saturated carbocycles. The maximum Gasteiger partial charge on any atom is 0.260 e. The fourth-order valence-corrected chi connectivity index (χ4v) is 5.20. The first-order valence-electron chi connectivity index (χ1n) is 11.5. The largest absolute Gasteiger partial charge is 0.466 e. The number of hydrogen-bond acceptors (Lipinski definition) is 7. The molecular formula is C24H25N7O3. The van der Waals surface area contributed by atoms with Gasteiger partial charge in [-0.3, -0.25) is 4.79 Å². The van der Waals surface area contributed by atoms with Gasteiger partial charge in [-0.25, -0.2) is 15.0 Å². The molecule has 34 heavy (non-hydrogen) atoms. The molecule has 1 fully saturated rings. The fourth-order valence-electron chi connectivity index (χ4n) is 5.20. The highest BCUT2D eigenvalue weighted by Crippen LogP contribution is 2.42. The lowest BCUT2D eigenvalue weighted by Gasteiger charge is -2.35. The third kappa shape index (κ3) is 3.60. The number of amides is 1. The average Bonchev–Trinajstić information content (AvgIpc) is 3.60. The average molecular weight is 460 g/mol. The summed E-state index contributed by atoms with van der Waals surface area (Å²) in [4.78, 5) is 33.9. The first-order chi connectivity index (χ1) is 16.7. The number of carbonyl (C=O) groups excluding carboxylic acids is 1. The highest BCUT2D eigenvalue weighted by molar-refractivity contribution is 5.79. The van der Waals surface area contributed by atoms with Crippen LogP contribution in [0.25, 0.3) is 22.4 Å². The van der Waals surface area contributed by atoms with E-state index in [1.807, 2.05) is 24.7 Å². The lowest BCUT2D eigenvalue weighted by molar-refractivity contribution is -0.135.